The lowest BCUT2D eigenvalue weighted by molar-refractivity contribution is 0.238. The molecule has 1 fully saturated rings. The summed E-state index contributed by atoms with van der Waals surface area (Å²) in [5.41, 5.74) is 2.28. The van der Waals surface area contributed by atoms with E-state index in [2.05, 4.69) is 17.0 Å². The van der Waals surface area contributed by atoms with Crippen molar-refractivity contribution in [1.82, 2.24) is 4.90 Å². The number of hydrogen-bond acceptors (Lipinski definition) is 5. The van der Waals surface area contributed by atoms with Gasteiger partial charge in [0.2, 0.25) is 0 Å². The van der Waals surface area contributed by atoms with Crippen molar-refractivity contribution >= 4 is 10.8 Å². The zero-order valence-corrected chi connectivity index (χ0v) is 18.6. The Morgan fingerprint density at radius 3 is 2.44 bits per heavy atom. The van der Waals surface area contributed by atoms with Crippen LogP contribution in [0.1, 0.15) is 36.8 Å². The molecule has 0 saturated carbocycles. The smallest absolute Gasteiger partial charge is 0.123 e. The molecule has 0 spiro atoms. The van der Waals surface area contributed by atoms with Gasteiger partial charge >= 0.3 is 0 Å². The molecule has 0 atom stereocenters. The van der Waals surface area contributed by atoms with E-state index in [1.807, 2.05) is 30.3 Å². The minimum Gasteiger partial charge on any atom is -0.508 e. The minimum absolute atomic E-state index is 0.180. The fraction of sp³-hybridized carbons (Fsp3) is 0.407. The Hall–Kier alpha value is -2.76. The van der Waals surface area contributed by atoms with Crippen molar-refractivity contribution in [3.05, 3.63) is 65.7 Å². The first-order valence-electron chi connectivity index (χ1n) is 11.7. The third-order valence-corrected chi connectivity index (χ3v) is 6.06. The number of likely N-dealkylation sites (tertiary alicyclic amines) is 1. The van der Waals surface area contributed by atoms with E-state index < -0.39 is 0 Å². The SMILES string of the molecule is OCCCCOc1ccc2cc(O)ccc2c1Cc1ccc(OCCN2CCCC2)cc1. The molecule has 1 aliphatic rings. The van der Waals surface area contributed by atoms with Crippen LogP contribution in [0.15, 0.2) is 54.6 Å². The highest BCUT2D eigenvalue weighted by Gasteiger charge is 2.12. The van der Waals surface area contributed by atoms with Crippen molar-refractivity contribution in [2.75, 3.05) is 39.5 Å². The van der Waals surface area contributed by atoms with Crippen LogP contribution in [0.5, 0.6) is 17.2 Å². The Labute approximate surface area is 190 Å². The lowest BCUT2D eigenvalue weighted by Gasteiger charge is -2.16. The van der Waals surface area contributed by atoms with Crippen molar-refractivity contribution < 1.29 is 19.7 Å². The first kappa shape index (κ1) is 22.4. The summed E-state index contributed by atoms with van der Waals surface area (Å²) in [4.78, 5) is 2.45. The molecule has 1 aliphatic heterocycles. The Morgan fingerprint density at radius 2 is 1.66 bits per heavy atom. The largest absolute Gasteiger partial charge is 0.508 e. The topological polar surface area (TPSA) is 62.2 Å². The van der Waals surface area contributed by atoms with Crippen molar-refractivity contribution in [3.63, 3.8) is 0 Å². The Bertz CT molecular complexity index is 996. The lowest BCUT2D eigenvalue weighted by atomic mass is 9.97. The number of benzene rings is 3. The second-order valence-electron chi connectivity index (χ2n) is 8.44. The van der Waals surface area contributed by atoms with Gasteiger partial charge < -0.3 is 19.7 Å². The molecule has 4 rings (SSSR count). The Morgan fingerprint density at radius 1 is 0.844 bits per heavy atom. The maximum Gasteiger partial charge on any atom is 0.123 e. The van der Waals surface area contributed by atoms with Crippen molar-refractivity contribution in [1.29, 1.82) is 0 Å². The van der Waals surface area contributed by atoms with Crippen molar-refractivity contribution in [2.24, 2.45) is 0 Å². The lowest BCUT2D eigenvalue weighted by Crippen LogP contribution is -2.25. The summed E-state index contributed by atoms with van der Waals surface area (Å²) < 4.78 is 12.0. The molecule has 170 valence electrons. The highest BCUT2D eigenvalue weighted by Crippen LogP contribution is 2.32. The van der Waals surface area contributed by atoms with Gasteiger partial charge in [0.1, 0.15) is 23.9 Å². The minimum atomic E-state index is 0.180. The van der Waals surface area contributed by atoms with Crippen LogP contribution in [0.3, 0.4) is 0 Å². The number of rotatable bonds is 11. The second-order valence-corrected chi connectivity index (χ2v) is 8.44. The fourth-order valence-electron chi connectivity index (χ4n) is 4.28. The maximum atomic E-state index is 9.88. The Kier molecular flexibility index (Phi) is 7.86. The molecule has 1 heterocycles. The van der Waals surface area contributed by atoms with Gasteiger partial charge in [0.15, 0.2) is 0 Å². The summed E-state index contributed by atoms with van der Waals surface area (Å²) >= 11 is 0. The number of ether oxygens (including phenoxy) is 2. The summed E-state index contributed by atoms with van der Waals surface area (Å²) in [5, 5.41) is 21.0. The number of hydrogen-bond donors (Lipinski definition) is 2. The molecule has 0 radical (unpaired) electrons. The average molecular weight is 436 g/mol. The van der Waals surface area contributed by atoms with Crippen LogP contribution in [0.2, 0.25) is 0 Å². The number of unbranched alkanes of at least 4 members (excludes halogenated alkanes) is 1. The molecule has 32 heavy (non-hydrogen) atoms. The standard InChI is InChI=1S/C27H33NO4/c29-16-3-4-17-32-27-12-7-22-20-23(30)8-11-25(22)26(27)19-21-5-9-24(10-6-21)31-18-15-28-13-1-2-14-28/h5-12,20,29-30H,1-4,13-19H2. The predicted molar refractivity (Wildman–Crippen MR) is 128 cm³/mol. The molecular formula is C27H33NO4. The zero-order chi connectivity index (χ0) is 22.2. The van der Waals surface area contributed by atoms with Crippen LogP contribution < -0.4 is 9.47 Å². The van der Waals surface area contributed by atoms with Gasteiger partial charge in [0.05, 0.1) is 6.61 Å². The normalized spacial score (nSPS) is 14.2. The molecular weight excluding hydrogens is 402 g/mol. The molecule has 0 amide bonds. The van der Waals surface area contributed by atoms with Crippen LogP contribution >= 0.6 is 0 Å². The van der Waals surface area contributed by atoms with Crippen LogP contribution in [-0.4, -0.2) is 54.6 Å². The summed E-state index contributed by atoms with van der Waals surface area (Å²) in [6.45, 7) is 4.84. The number of fused-ring (bicyclic) bond motifs is 1. The fourth-order valence-corrected chi connectivity index (χ4v) is 4.28. The van der Waals surface area contributed by atoms with Gasteiger partial charge in [-0.2, -0.15) is 0 Å². The summed E-state index contributed by atoms with van der Waals surface area (Å²) in [7, 11) is 0. The van der Waals surface area contributed by atoms with E-state index >= 15 is 0 Å². The van der Waals surface area contributed by atoms with Crippen LogP contribution in [-0.2, 0) is 6.42 Å². The van der Waals surface area contributed by atoms with E-state index in [0.717, 1.165) is 60.2 Å². The monoisotopic (exact) mass is 435 g/mol. The summed E-state index contributed by atoms with van der Waals surface area (Å²) in [5.74, 6) is 2.01. The van der Waals surface area contributed by atoms with E-state index in [0.29, 0.717) is 6.61 Å². The van der Waals surface area contributed by atoms with Gasteiger partial charge in [-0.1, -0.05) is 24.3 Å². The molecule has 0 aromatic heterocycles. The number of aliphatic hydroxyl groups excluding tert-OH is 1. The highest BCUT2D eigenvalue weighted by molar-refractivity contribution is 5.89. The van der Waals surface area contributed by atoms with Gasteiger partial charge in [0.25, 0.3) is 0 Å². The number of aromatic hydroxyl groups is 1. The van der Waals surface area contributed by atoms with Gasteiger partial charge in [-0.15, -0.1) is 0 Å². The zero-order valence-electron chi connectivity index (χ0n) is 18.6. The quantitative estimate of drug-likeness (QED) is 0.425. The van der Waals surface area contributed by atoms with E-state index in [4.69, 9.17) is 14.6 Å². The summed E-state index contributed by atoms with van der Waals surface area (Å²) in [6, 6.07) is 17.7. The third-order valence-electron chi connectivity index (χ3n) is 6.06. The molecule has 2 N–H and O–H groups in total. The average Bonchev–Trinajstić information content (AvgIpc) is 3.32. The van der Waals surface area contributed by atoms with Gasteiger partial charge in [-0.3, -0.25) is 4.90 Å². The van der Waals surface area contributed by atoms with E-state index in [1.54, 1.807) is 12.1 Å². The molecule has 1 saturated heterocycles. The number of nitrogens with zero attached hydrogens (tertiary/aromatic N) is 1. The van der Waals surface area contributed by atoms with Gasteiger partial charge in [-0.25, -0.2) is 0 Å². The van der Waals surface area contributed by atoms with Crippen LogP contribution in [0, 0.1) is 0 Å². The van der Waals surface area contributed by atoms with Crippen LogP contribution in [0.25, 0.3) is 10.8 Å². The van der Waals surface area contributed by atoms with Gasteiger partial charge in [0, 0.05) is 25.1 Å². The van der Waals surface area contributed by atoms with E-state index in [9.17, 15) is 5.11 Å². The molecule has 0 unspecified atom stereocenters. The highest BCUT2D eigenvalue weighted by atomic mass is 16.5. The number of phenolic OH excluding ortho intramolecular Hbond substituents is 1. The molecule has 5 nitrogen and oxygen atoms in total. The molecule has 0 bridgehead atoms. The van der Waals surface area contributed by atoms with Crippen molar-refractivity contribution in [2.45, 2.75) is 32.1 Å². The molecule has 3 aromatic rings. The van der Waals surface area contributed by atoms with E-state index in [-0.39, 0.29) is 12.4 Å². The summed E-state index contributed by atoms with van der Waals surface area (Å²) in [6.07, 6.45) is 4.87. The second kappa shape index (κ2) is 11.2. The molecule has 3 aromatic carbocycles. The maximum absolute atomic E-state index is 9.88. The molecule has 0 aliphatic carbocycles. The third kappa shape index (κ3) is 5.93. The Balaban J connectivity index is 1.46. The first-order chi connectivity index (χ1) is 15.7. The predicted octanol–water partition coefficient (Wildman–Crippen LogP) is 4.76. The van der Waals surface area contributed by atoms with Crippen LogP contribution in [0.4, 0.5) is 0 Å². The molecule has 5 heteroatoms. The van der Waals surface area contributed by atoms with E-state index in [1.165, 1.54) is 31.5 Å². The number of aliphatic hydroxyl groups is 1. The first-order valence-corrected chi connectivity index (χ1v) is 11.7. The van der Waals surface area contributed by atoms with Crippen molar-refractivity contribution in [3.8, 4) is 17.2 Å². The van der Waals surface area contributed by atoms with Gasteiger partial charge in [-0.05, 0) is 85.4 Å². The number of phenols is 1.